The molecule has 0 saturated heterocycles. The highest BCUT2D eigenvalue weighted by molar-refractivity contribution is 7.98. The Morgan fingerprint density at radius 2 is 1.88 bits per heavy atom. The second-order valence-corrected chi connectivity index (χ2v) is 7.46. The summed E-state index contributed by atoms with van der Waals surface area (Å²) in [4.78, 5) is 25.0. The summed E-state index contributed by atoms with van der Waals surface area (Å²) in [6.45, 7) is 0.344. The zero-order valence-corrected chi connectivity index (χ0v) is 16.6. The van der Waals surface area contributed by atoms with Gasteiger partial charge in [0.1, 0.15) is 6.04 Å². The van der Waals surface area contributed by atoms with Crippen LogP contribution in [0.25, 0.3) is 0 Å². The molecule has 2 N–H and O–H groups in total. The fraction of sp³-hybridized carbons (Fsp3) is 0.263. The Labute approximate surface area is 167 Å². The number of hydrogen-bond acceptors (Lipinski definition) is 3. The topological polar surface area (TPSA) is 58.2 Å². The Hall–Kier alpha value is -1.69. The predicted molar refractivity (Wildman–Crippen MR) is 109 cm³/mol. The lowest BCUT2D eigenvalue weighted by Crippen LogP contribution is -2.47. The molecule has 0 fully saturated rings. The van der Waals surface area contributed by atoms with Crippen molar-refractivity contribution in [2.45, 2.75) is 19.0 Å². The molecule has 138 valence electrons. The fourth-order valence-electron chi connectivity index (χ4n) is 2.35. The Morgan fingerprint density at radius 3 is 2.58 bits per heavy atom. The molecule has 0 spiro atoms. The van der Waals surface area contributed by atoms with Crippen LogP contribution in [0.4, 0.5) is 0 Å². The summed E-state index contributed by atoms with van der Waals surface area (Å²) >= 11 is 13.6. The van der Waals surface area contributed by atoms with E-state index in [2.05, 4.69) is 10.6 Å². The number of carbonyl (C=O) groups excluding carboxylic acids is 2. The summed E-state index contributed by atoms with van der Waals surface area (Å²) < 4.78 is 0. The summed E-state index contributed by atoms with van der Waals surface area (Å²) in [6.07, 6.45) is 2.48. The van der Waals surface area contributed by atoms with Crippen molar-refractivity contribution in [1.82, 2.24) is 10.6 Å². The first-order valence-corrected chi connectivity index (χ1v) is 10.2. The molecule has 0 bridgehead atoms. The van der Waals surface area contributed by atoms with E-state index in [0.29, 0.717) is 28.6 Å². The first kappa shape index (κ1) is 20.6. The normalized spacial score (nSPS) is 11.7. The lowest BCUT2D eigenvalue weighted by atomic mass is 10.1. The predicted octanol–water partition coefficient (Wildman–Crippen LogP) is 4.16. The van der Waals surface area contributed by atoms with E-state index in [-0.39, 0.29) is 11.8 Å². The third-order valence-electron chi connectivity index (χ3n) is 3.71. The van der Waals surface area contributed by atoms with Gasteiger partial charge >= 0.3 is 0 Å². The summed E-state index contributed by atoms with van der Waals surface area (Å²) in [7, 11) is 0. The zero-order chi connectivity index (χ0) is 18.9. The second-order valence-electron chi connectivity index (χ2n) is 5.64. The van der Waals surface area contributed by atoms with Crippen molar-refractivity contribution in [3.05, 3.63) is 69.7 Å². The van der Waals surface area contributed by atoms with Gasteiger partial charge in [-0.15, -0.1) is 0 Å². The summed E-state index contributed by atoms with van der Waals surface area (Å²) in [5, 5.41) is 6.60. The summed E-state index contributed by atoms with van der Waals surface area (Å²) in [5.41, 5.74) is 1.25. The van der Waals surface area contributed by atoms with E-state index in [1.165, 1.54) is 0 Å². The van der Waals surface area contributed by atoms with Gasteiger partial charge in [0.05, 0.1) is 10.6 Å². The fourth-order valence-corrected chi connectivity index (χ4v) is 3.25. The molecule has 26 heavy (non-hydrogen) atoms. The molecular formula is C19H20Cl2N2O2S. The van der Waals surface area contributed by atoms with E-state index in [4.69, 9.17) is 23.2 Å². The number of carbonyl (C=O) groups is 2. The molecule has 0 radical (unpaired) electrons. The standard InChI is InChI=1S/C19H20Cl2N2O2S/c1-26-10-9-17(23-18(24)15-7-2-3-8-16(15)21)19(25)22-12-13-5-4-6-14(20)11-13/h2-8,11,17H,9-10,12H2,1H3,(H,22,25)(H,23,24)/t17-/m0/s1. The summed E-state index contributed by atoms with van der Waals surface area (Å²) in [5.74, 6) is 0.150. The minimum atomic E-state index is -0.634. The van der Waals surface area contributed by atoms with E-state index in [9.17, 15) is 9.59 Å². The Morgan fingerprint density at radius 1 is 1.12 bits per heavy atom. The van der Waals surface area contributed by atoms with Gasteiger partial charge in [-0.1, -0.05) is 47.5 Å². The van der Waals surface area contributed by atoms with Crippen LogP contribution in [0.3, 0.4) is 0 Å². The molecule has 0 heterocycles. The van der Waals surface area contributed by atoms with Gasteiger partial charge in [0, 0.05) is 11.6 Å². The molecule has 0 aromatic heterocycles. The highest BCUT2D eigenvalue weighted by Gasteiger charge is 2.21. The van der Waals surface area contributed by atoms with Gasteiger partial charge in [0.2, 0.25) is 5.91 Å². The maximum absolute atomic E-state index is 12.6. The second kappa shape index (κ2) is 10.5. The molecule has 0 aliphatic rings. The molecule has 2 aromatic rings. The third-order valence-corrected chi connectivity index (χ3v) is 4.92. The van der Waals surface area contributed by atoms with Gasteiger partial charge in [-0.05, 0) is 48.3 Å². The molecule has 1 atom stereocenters. The van der Waals surface area contributed by atoms with Crippen LogP contribution < -0.4 is 10.6 Å². The van der Waals surface area contributed by atoms with Crippen LogP contribution in [0, 0.1) is 0 Å². The maximum Gasteiger partial charge on any atom is 0.253 e. The van der Waals surface area contributed by atoms with Crippen LogP contribution >= 0.6 is 35.0 Å². The van der Waals surface area contributed by atoms with Gasteiger partial charge < -0.3 is 10.6 Å². The van der Waals surface area contributed by atoms with Crippen molar-refractivity contribution >= 4 is 46.8 Å². The number of amides is 2. The Bertz CT molecular complexity index is 771. The minimum Gasteiger partial charge on any atom is -0.350 e. The van der Waals surface area contributed by atoms with E-state index in [1.54, 1.807) is 48.2 Å². The molecule has 0 aliphatic heterocycles. The maximum atomic E-state index is 12.6. The SMILES string of the molecule is CSCC[C@H](NC(=O)c1ccccc1Cl)C(=O)NCc1cccc(Cl)c1. The highest BCUT2D eigenvalue weighted by Crippen LogP contribution is 2.15. The van der Waals surface area contributed by atoms with Gasteiger partial charge in [-0.25, -0.2) is 0 Å². The molecule has 2 aromatic carbocycles. The van der Waals surface area contributed by atoms with Crippen molar-refractivity contribution in [2.75, 3.05) is 12.0 Å². The van der Waals surface area contributed by atoms with Crippen molar-refractivity contribution < 1.29 is 9.59 Å². The monoisotopic (exact) mass is 410 g/mol. The first-order chi connectivity index (χ1) is 12.5. The van der Waals surface area contributed by atoms with Gasteiger partial charge in [-0.3, -0.25) is 9.59 Å². The largest absolute Gasteiger partial charge is 0.350 e. The van der Waals surface area contributed by atoms with Crippen molar-refractivity contribution in [3.63, 3.8) is 0 Å². The van der Waals surface area contributed by atoms with Crippen LogP contribution in [0.15, 0.2) is 48.5 Å². The molecule has 0 saturated carbocycles. The zero-order valence-electron chi connectivity index (χ0n) is 14.3. The molecule has 2 rings (SSSR count). The molecule has 0 aliphatic carbocycles. The Balaban J connectivity index is 2.02. The third kappa shape index (κ3) is 6.24. The first-order valence-electron chi connectivity index (χ1n) is 8.07. The van der Waals surface area contributed by atoms with E-state index in [0.717, 1.165) is 11.3 Å². The van der Waals surface area contributed by atoms with Crippen molar-refractivity contribution in [1.29, 1.82) is 0 Å². The molecule has 7 heteroatoms. The van der Waals surface area contributed by atoms with Crippen LogP contribution in [0.5, 0.6) is 0 Å². The minimum absolute atomic E-state index is 0.237. The number of halogens is 2. The average Bonchev–Trinajstić information content (AvgIpc) is 2.63. The number of thioether (sulfide) groups is 1. The number of hydrogen-bond donors (Lipinski definition) is 2. The highest BCUT2D eigenvalue weighted by atomic mass is 35.5. The smallest absolute Gasteiger partial charge is 0.253 e. The lowest BCUT2D eigenvalue weighted by molar-refractivity contribution is -0.123. The molecule has 2 amide bonds. The van der Waals surface area contributed by atoms with E-state index >= 15 is 0 Å². The van der Waals surface area contributed by atoms with Gasteiger partial charge in [-0.2, -0.15) is 11.8 Å². The number of rotatable bonds is 8. The summed E-state index contributed by atoms with van der Waals surface area (Å²) in [6, 6.07) is 13.4. The van der Waals surface area contributed by atoms with Crippen molar-refractivity contribution in [2.24, 2.45) is 0 Å². The number of benzene rings is 2. The lowest BCUT2D eigenvalue weighted by Gasteiger charge is -2.18. The Kier molecular flexibility index (Phi) is 8.29. The van der Waals surface area contributed by atoms with Gasteiger partial charge in [0.25, 0.3) is 5.91 Å². The quantitative estimate of drug-likeness (QED) is 0.686. The molecular weight excluding hydrogens is 391 g/mol. The van der Waals surface area contributed by atoms with Crippen LogP contribution in [0.2, 0.25) is 10.0 Å². The number of nitrogens with one attached hydrogen (secondary N) is 2. The van der Waals surface area contributed by atoms with Crippen LogP contribution in [-0.4, -0.2) is 29.9 Å². The molecule has 4 nitrogen and oxygen atoms in total. The van der Waals surface area contributed by atoms with Crippen LogP contribution in [-0.2, 0) is 11.3 Å². The van der Waals surface area contributed by atoms with Gasteiger partial charge in [0.15, 0.2) is 0 Å². The van der Waals surface area contributed by atoms with E-state index in [1.807, 2.05) is 18.4 Å². The van der Waals surface area contributed by atoms with Crippen LogP contribution in [0.1, 0.15) is 22.3 Å². The average molecular weight is 411 g/mol. The van der Waals surface area contributed by atoms with Crippen molar-refractivity contribution in [3.8, 4) is 0 Å². The van der Waals surface area contributed by atoms with E-state index < -0.39 is 6.04 Å². The molecule has 0 unspecified atom stereocenters.